The van der Waals surface area contributed by atoms with Gasteiger partial charge in [-0.2, -0.15) is 22.0 Å². The predicted molar refractivity (Wildman–Crippen MR) is 118 cm³/mol. The van der Waals surface area contributed by atoms with Gasteiger partial charge in [0, 0.05) is 23.8 Å². The van der Waals surface area contributed by atoms with Crippen LogP contribution >= 0.6 is 0 Å². The lowest BCUT2D eigenvalue weighted by molar-refractivity contribution is -0.141. The number of pyridine rings is 1. The Morgan fingerprint density at radius 1 is 1.22 bits per heavy atom. The van der Waals surface area contributed by atoms with Crippen molar-refractivity contribution in [3.8, 4) is 5.75 Å². The quantitative estimate of drug-likeness (QED) is 0.433. The van der Waals surface area contributed by atoms with Crippen molar-refractivity contribution in [3.05, 3.63) is 64.5 Å². The van der Waals surface area contributed by atoms with Gasteiger partial charge in [0.25, 0.3) is 5.91 Å². The highest BCUT2D eigenvalue weighted by atomic mass is 32.2. The largest absolute Gasteiger partial charge is 0.434 e. The van der Waals surface area contributed by atoms with Crippen molar-refractivity contribution in [2.24, 2.45) is 5.92 Å². The highest BCUT2D eigenvalue weighted by Crippen LogP contribution is 2.34. The molecular formula is C22H21F6N3O4S. The molecule has 1 aliphatic rings. The first kappa shape index (κ1) is 27.3. The predicted octanol–water partition coefficient (Wildman–Crippen LogP) is 4.52. The average molecular weight is 537 g/mol. The van der Waals surface area contributed by atoms with Crippen LogP contribution < -0.4 is 15.4 Å². The van der Waals surface area contributed by atoms with Gasteiger partial charge in [-0.05, 0) is 49.1 Å². The molecule has 1 fully saturated rings. The van der Waals surface area contributed by atoms with Crippen LogP contribution in [0, 0.1) is 11.7 Å². The van der Waals surface area contributed by atoms with Crippen LogP contribution in [-0.4, -0.2) is 38.2 Å². The summed E-state index contributed by atoms with van der Waals surface area (Å²) in [6.07, 6.45) is -1.18. The van der Waals surface area contributed by atoms with Crippen molar-refractivity contribution < 1.29 is 44.3 Å². The van der Waals surface area contributed by atoms with Crippen LogP contribution in [0.3, 0.4) is 0 Å². The minimum atomic E-state index is -4.86. The standard InChI is InChI=1S/C22H21F6N3O4S/c1-36(33,34)9-8-16(12-2-3-12)30-20(32)15-5-7-18(22(26,27)28)31-19(15)29-11-13-10-14(23)4-6-17(13)35-21(24)25/h4-10,12,16,21H,2-3,11H2,1H3,(H,29,31)(H,30,32)/b9-8+/t16-/m1/s1. The zero-order valence-corrected chi connectivity index (χ0v) is 19.5. The van der Waals surface area contributed by atoms with Crippen LogP contribution in [0.4, 0.5) is 32.2 Å². The number of anilines is 1. The summed E-state index contributed by atoms with van der Waals surface area (Å²) in [4.78, 5) is 16.4. The first-order valence-electron chi connectivity index (χ1n) is 10.5. The molecule has 1 aromatic heterocycles. The number of carbonyl (C=O) groups excluding carboxylic acids is 1. The summed E-state index contributed by atoms with van der Waals surface area (Å²) in [6.45, 7) is -3.74. The topological polar surface area (TPSA) is 97.4 Å². The number of rotatable bonds is 10. The Labute approximate surface area is 202 Å². The monoisotopic (exact) mass is 537 g/mol. The number of nitrogens with zero attached hydrogens (tertiary/aromatic N) is 1. The number of sulfone groups is 1. The van der Waals surface area contributed by atoms with Crippen LogP contribution in [0.5, 0.6) is 5.75 Å². The van der Waals surface area contributed by atoms with Crippen molar-refractivity contribution in [3.63, 3.8) is 0 Å². The SMILES string of the molecule is CS(=O)(=O)/C=C/[C@@H](NC(=O)c1ccc(C(F)(F)F)nc1NCc1cc(F)ccc1OC(F)F)C1CC1. The summed E-state index contributed by atoms with van der Waals surface area (Å²) in [6, 6.07) is 3.41. The number of hydrogen-bond donors (Lipinski definition) is 2. The van der Waals surface area contributed by atoms with Gasteiger partial charge >= 0.3 is 12.8 Å². The fourth-order valence-corrected chi connectivity index (χ4v) is 3.70. The van der Waals surface area contributed by atoms with E-state index >= 15 is 0 Å². The van der Waals surface area contributed by atoms with Gasteiger partial charge in [-0.3, -0.25) is 4.79 Å². The lowest BCUT2D eigenvalue weighted by Crippen LogP contribution is -2.35. The maximum Gasteiger partial charge on any atom is 0.433 e. The molecule has 1 atom stereocenters. The molecule has 0 spiro atoms. The van der Waals surface area contributed by atoms with Gasteiger partial charge in [-0.25, -0.2) is 17.8 Å². The van der Waals surface area contributed by atoms with Crippen LogP contribution in [0.15, 0.2) is 41.8 Å². The van der Waals surface area contributed by atoms with Crippen molar-refractivity contribution >= 4 is 21.6 Å². The van der Waals surface area contributed by atoms with Gasteiger partial charge in [0.1, 0.15) is 23.1 Å². The maximum atomic E-state index is 13.7. The Morgan fingerprint density at radius 3 is 2.50 bits per heavy atom. The van der Waals surface area contributed by atoms with E-state index in [0.717, 1.165) is 35.9 Å². The van der Waals surface area contributed by atoms with E-state index in [-0.39, 0.29) is 17.0 Å². The molecule has 3 rings (SSSR count). The number of ether oxygens (including phenoxy) is 1. The van der Waals surface area contributed by atoms with Gasteiger partial charge < -0.3 is 15.4 Å². The molecule has 1 amide bonds. The Morgan fingerprint density at radius 2 is 1.92 bits per heavy atom. The van der Waals surface area contributed by atoms with Gasteiger partial charge in [-0.1, -0.05) is 6.08 Å². The van der Waals surface area contributed by atoms with E-state index in [0.29, 0.717) is 18.9 Å². The van der Waals surface area contributed by atoms with Gasteiger partial charge in [0.2, 0.25) is 0 Å². The summed E-state index contributed by atoms with van der Waals surface area (Å²) in [7, 11) is -3.49. The molecule has 2 N–H and O–H groups in total. The molecule has 1 heterocycles. The summed E-state index contributed by atoms with van der Waals surface area (Å²) >= 11 is 0. The number of hydrogen-bond acceptors (Lipinski definition) is 6. The second kappa shape index (κ2) is 10.8. The van der Waals surface area contributed by atoms with Crippen LogP contribution in [0.1, 0.15) is 34.5 Å². The number of amides is 1. The first-order chi connectivity index (χ1) is 16.7. The molecule has 0 radical (unpaired) electrons. The smallest absolute Gasteiger partial charge is 0.433 e. The molecule has 0 bridgehead atoms. The normalized spacial score (nSPS) is 15.2. The zero-order chi connectivity index (χ0) is 26.7. The van der Waals surface area contributed by atoms with Crippen LogP contribution in [0.25, 0.3) is 0 Å². The fourth-order valence-electron chi connectivity index (χ4n) is 3.25. The van der Waals surface area contributed by atoms with Gasteiger partial charge in [-0.15, -0.1) is 0 Å². The molecule has 14 heteroatoms. The average Bonchev–Trinajstić information content (AvgIpc) is 3.60. The highest BCUT2D eigenvalue weighted by Gasteiger charge is 2.35. The first-order valence-corrected chi connectivity index (χ1v) is 12.4. The fraction of sp³-hybridized carbons (Fsp3) is 0.364. The van der Waals surface area contributed by atoms with Crippen LogP contribution in [-0.2, 0) is 22.6 Å². The minimum Gasteiger partial charge on any atom is -0.434 e. The Balaban J connectivity index is 1.90. The number of benzene rings is 1. The molecule has 0 unspecified atom stereocenters. The second-order valence-corrected chi connectivity index (χ2v) is 10.0. The molecule has 0 saturated heterocycles. The van der Waals surface area contributed by atoms with Crippen LogP contribution in [0.2, 0.25) is 0 Å². The van der Waals surface area contributed by atoms with E-state index in [4.69, 9.17) is 0 Å². The molecule has 1 aliphatic carbocycles. The zero-order valence-electron chi connectivity index (χ0n) is 18.7. The molecule has 36 heavy (non-hydrogen) atoms. The van der Waals surface area contributed by atoms with Gasteiger partial charge in [0.05, 0.1) is 11.6 Å². The van der Waals surface area contributed by atoms with Crippen molar-refractivity contribution in [2.75, 3.05) is 11.6 Å². The lowest BCUT2D eigenvalue weighted by atomic mass is 10.1. The van der Waals surface area contributed by atoms with E-state index in [1.54, 1.807) is 0 Å². The molecule has 0 aliphatic heterocycles. The number of carbonyl (C=O) groups is 1. The van der Waals surface area contributed by atoms with Crippen molar-refractivity contribution in [1.29, 1.82) is 0 Å². The summed E-state index contributed by atoms with van der Waals surface area (Å²) in [5.74, 6) is -2.68. The van der Waals surface area contributed by atoms with Gasteiger partial charge in [0.15, 0.2) is 9.84 Å². The molecule has 1 aromatic carbocycles. The molecule has 1 saturated carbocycles. The van der Waals surface area contributed by atoms with E-state index in [2.05, 4.69) is 20.4 Å². The summed E-state index contributed by atoms with van der Waals surface area (Å²) < 4.78 is 106. The lowest BCUT2D eigenvalue weighted by Gasteiger charge is -2.18. The molecule has 2 aromatic rings. The Bertz CT molecular complexity index is 1250. The van der Waals surface area contributed by atoms with Crippen molar-refractivity contribution in [2.45, 2.75) is 38.2 Å². The van der Waals surface area contributed by atoms with E-state index in [1.807, 2.05) is 0 Å². The number of alkyl halides is 5. The van der Waals surface area contributed by atoms with E-state index in [9.17, 15) is 39.6 Å². The third-order valence-corrected chi connectivity index (χ3v) is 5.73. The minimum absolute atomic E-state index is 0.0490. The molecule has 196 valence electrons. The third kappa shape index (κ3) is 7.86. The highest BCUT2D eigenvalue weighted by molar-refractivity contribution is 7.93. The molecule has 7 nitrogen and oxygen atoms in total. The Hall–Kier alpha value is -3.29. The molecular weight excluding hydrogens is 516 g/mol. The number of aromatic nitrogens is 1. The second-order valence-electron chi connectivity index (χ2n) is 8.07. The number of halogens is 6. The summed E-state index contributed by atoms with van der Waals surface area (Å²) in [5.41, 5.74) is -1.82. The number of nitrogens with one attached hydrogen (secondary N) is 2. The third-order valence-electron chi connectivity index (χ3n) is 5.08. The van der Waals surface area contributed by atoms with Crippen molar-refractivity contribution in [1.82, 2.24) is 10.3 Å². The maximum absolute atomic E-state index is 13.7. The van der Waals surface area contributed by atoms with E-state index in [1.165, 1.54) is 6.08 Å². The van der Waals surface area contributed by atoms with E-state index < -0.39 is 64.2 Å². The summed E-state index contributed by atoms with van der Waals surface area (Å²) in [5, 5.41) is 5.96. The Kier molecular flexibility index (Phi) is 8.16.